The molecule has 1 aromatic rings. The Bertz CT molecular complexity index is 317. The standard InChI is InChI=1S/C10H13BrFNO/c1-6(13)4-10(14)8-3-2-7(11)5-9(8)12/h2-3,5-6,10,14H,4,13H2,1H3. The fourth-order valence-electron chi connectivity index (χ4n) is 1.25. The first-order valence-corrected chi connectivity index (χ1v) is 5.18. The molecule has 2 nitrogen and oxygen atoms in total. The van der Waals surface area contributed by atoms with Crippen molar-refractivity contribution in [3.63, 3.8) is 0 Å². The summed E-state index contributed by atoms with van der Waals surface area (Å²) in [7, 11) is 0. The minimum Gasteiger partial charge on any atom is -0.388 e. The van der Waals surface area contributed by atoms with Crippen LogP contribution in [0.1, 0.15) is 25.0 Å². The van der Waals surface area contributed by atoms with E-state index in [-0.39, 0.29) is 6.04 Å². The summed E-state index contributed by atoms with van der Waals surface area (Å²) in [5.41, 5.74) is 5.82. The second-order valence-corrected chi connectivity index (χ2v) is 4.31. The maximum Gasteiger partial charge on any atom is 0.130 e. The molecular weight excluding hydrogens is 249 g/mol. The second-order valence-electron chi connectivity index (χ2n) is 3.39. The molecule has 4 heteroatoms. The molecule has 0 saturated heterocycles. The summed E-state index contributed by atoms with van der Waals surface area (Å²) in [6.07, 6.45) is -0.471. The van der Waals surface area contributed by atoms with E-state index in [2.05, 4.69) is 15.9 Å². The van der Waals surface area contributed by atoms with Gasteiger partial charge in [-0.15, -0.1) is 0 Å². The van der Waals surface area contributed by atoms with Gasteiger partial charge in [-0.1, -0.05) is 22.0 Å². The second kappa shape index (κ2) is 4.87. The lowest BCUT2D eigenvalue weighted by Gasteiger charge is -2.14. The Hall–Kier alpha value is -0.450. The van der Waals surface area contributed by atoms with Crippen molar-refractivity contribution in [2.75, 3.05) is 0 Å². The quantitative estimate of drug-likeness (QED) is 0.878. The van der Waals surface area contributed by atoms with Crippen LogP contribution in [0.15, 0.2) is 22.7 Å². The Morgan fingerprint density at radius 1 is 1.57 bits per heavy atom. The fraction of sp³-hybridized carbons (Fsp3) is 0.400. The highest BCUT2D eigenvalue weighted by atomic mass is 79.9. The van der Waals surface area contributed by atoms with E-state index in [1.807, 2.05) is 0 Å². The van der Waals surface area contributed by atoms with Crippen molar-refractivity contribution in [1.82, 2.24) is 0 Å². The van der Waals surface area contributed by atoms with Crippen LogP contribution in [0.3, 0.4) is 0 Å². The predicted octanol–water partition coefficient (Wildman–Crippen LogP) is 2.36. The van der Waals surface area contributed by atoms with Crippen molar-refractivity contribution in [1.29, 1.82) is 0 Å². The molecule has 0 aliphatic carbocycles. The van der Waals surface area contributed by atoms with Crippen LogP contribution in [0, 0.1) is 5.82 Å². The van der Waals surface area contributed by atoms with Crippen LogP contribution in [-0.2, 0) is 0 Å². The highest BCUT2D eigenvalue weighted by molar-refractivity contribution is 9.10. The van der Waals surface area contributed by atoms with Crippen molar-refractivity contribution in [3.8, 4) is 0 Å². The van der Waals surface area contributed by atoms with Gasteiger partial charge in [0.1, 0.15) is 5.82 Å². The molecule has 2 atom stereocenters. The highest BCUT2D eigenvalue weighted by Gasteiger charge is 2.14. The third-order valence-electron chi connectivity index (χ3n) is 1.92. The number of halogens is 2. The monoisotopic (exact) mass is 261 g/mol. The van der Waals surface area contributed by atoms with E-state index >= 15 is 0 Å². The molecule has 0 saturated carbocycles. The van der Waals surface area contributed by atoms with E-state index < -0.39 is 11.9 Å². The molecule has 0 heterocycles. The molecule has 0 bridgehead atoms. The third kappa shape index (κ3) is 3.04. The number of hydrogen-bond donors (Lipinski definition) is 2. The van der Waals surface area contributed by atoms with Crippen LogP contribution in [0.5, 0.6) is 0 Å². The van der Waals surface area contributed by atoms with E-state index in [0.29, 0.717) is 16.5 Å². The van der Waals surface area contributed by atoms with Gasteiger partial charge in [-0.2, -0.15) is 0 Å². The average Bonchev–Trinajstić information content (AvgIpc) is 2.01. The number of benzene rings is 1. The molecule has 1 rings (SSSR count). The van der Waals surface area contributed by atoms with Crippen LogP contribution in [0.4, 0.5) is 4.39 Å². The first kappa shape index (κ1) is 11.6. The summed E-state index contributed by atoms with van der Waals surface area (Å²) in [6, 6.07) is 4.45. The van der Waals surface area contributed by atoms with Crippen molar-refractivity contribution in [2.24, 2.45) is 5.73 Å². The lowest BCUT2D eigenvalue weighted by Crippen LogP contribution is -2.19. The van der Waals surface area contributed by atoms with Crippen molar-refractivity contribution in [3.05, 3.63) is 34.1 Å². The number of hydrogen-bond acceptors (Lipinski definition) is 2. The summed E-state index contributed by atoms with van der Waals surface area (Å²) in [4.78, 5) is 0. The predicted molar refractivity (Wildman–Crippen MR) is 57.3 cm³/mol. The molecule has 3 N–H and O–H groups in total. The molecular formula is C10H13BrFNO. The summed E-state index contributed by atoms with van der Waals surface area (Å²) in [5, 5.41) is 9.63. The first-order chi connectivity index (χ1) is 6.50. The number of nitrogens with two attached hydrogens (primary N) is 1. The van der Waals surface area contributed by atoms with Gasteiger partial charge < -0.3 is 10.8 Å². The zero-order valence-corrected chi connectivity index (χ0v) is 9.46. The molecule has 14 heavy (non-hydrogen) atoms. The molecule has 0 amide bonds. The molecule has 78 valence electrons. The number of aliphatic hydroxyl groups is 1. The van der Waals surface area contributed by atoms with Gasteiger partial charge in [0, 0.05) is 16.1 Å². The minimum absolute atomic E-state index is 0.145. The van der Waals surface area contributed by atoms with Gasteiger partial charge in [0.05, 0.1) is 6.10 Å². The molecule has 1 aromatic carbocycles. The molecule has 0 aromatic heterocycles. The summed E-state index contributed by atoms with van der Waals surface area (Å²) >= 11 is 3.15. The highest BCUT2D eigenvalue weighted by Crippen LogP contribution is 2.23. The summed E-state index contributed by atoms with van der Waals surface area (Å²) < 4.78 is 14.0. The minimum atomic E-state index is -0.830. The third-order valence-corrected chi connectivity index (χ3v) is 2.41. The molecule has 2 unspecified atom stereocenters. The largest absolute Gasteiger partial charge is 0.388 e. The average molecular weight is 262 g/mol. The van der Waals surface area contributed by atoms with E-state index in [4.69, 9.17) is 5.73 Å². The van der Waals surface area contributed by atoms with Crippen LogP contribution in [0.25, 0.3) is 0 Å². The zero-order valence-electron chi connectivity index (χ0n) is 7.87. The maximum atomic E-state index is 13.3. The van der Waals surface area contributed by atoms with Gasteiger partial charge in [-0.25, -0.2) is 4.39 Å². The Labute approximate surface area is 91.1 Å². The van der Waals surface area contributed by atoms with Gasteiger partial charge in [0.15, 0.2) is 0 Å². The molecule has 0 fully saturated rings. The lowest BCUT2D eigenvalue weighted by atomic mass is 10.0. The van der Waals surface area contributed by atoms with Gasteiger partial charge >= 0.3 is 0 Å². The number of aliphatic hydroxyl groups excluding tert-OH is 1. The van der Waals surface area contributed by atoms with Gasteiger partial charge in [0.2, 0.25) is 0 Å². The Kier molecular flexibility index (Phi) is 4.04. The lowest BCUT2D eigenvalue weighted by molar-refractivity contribution is 0.156. The van der Waals surface area contributed by atoms with E-state index in [0.717, 1.165) is 0 Å². The van der Waals surface area contributed by atoms with Crippen LogP contribution in [-0.4, -0.2) is 11.1 Å². The van der Waals surface area contributed by atoms with Gasteiger partial charge in [-0.3, -0.25) is 0 Å². The van der Waals surface area contributed by atoms with Crippen molar-refractivity contribution in [2.45, 2.75) is 25.5 Å². The maximum absolute atomic E-state index is 13.3. The van der Waals surface area contributed by atoms with E-state index in [9.17, 15) is 9.50 Å². The molecule has 0 aliphatic rings. The van der Waals surface area contributed by atoms with E-state index in [1.165, 1.54) is 6.07 Å². The Balaban J connectivity index is 2.84. The zero-order chi connectivity index (χ0) is 10.7. The Morgan fingerprint density at radius 2 is 2.21 bits per heavy atom. The topological polar surface area (TPSA) is 46.2 Å². The molecule has 0 radical (unpaired) electrons. The van der Waals surface area contributed by atoms with Crippen molar-refractivity contribution < 1.29 is 9.50 Å². The smallest absolute Gasteiger partial charge is 0.130 e. The molecule has 0 aliphatic heterocycles. The SMILES string of the molecule is CC(N)CC(O)c1ccc(Br)cc1F. The fourth-order valence-corrected chi connectivity index (χ4v) is 1.58. The van der Waals surface area contributed by atoms with Crippen molar-refractivity contribution >= 4 is 15.9 Å². The Morgan fingerprint density at radius 3 is 2.71 bits per heavy atom. The van der Waals surface area contributed by atoms with Gasteiger partial charge in [-0.05, 0) is 25.5 Å². The number of rotatable bonds is 3. The molecule has 0 spiro atoms. The normalized spacial score (nSPS) is 15.2. The van der Waals surface area contributed by atoms with E-state index in [1.54, 1.807) is 19.1 Å². The summed E-state index contributed by atoms with van der Waals surface area (Å²) in [5.74, 6) is -0.410. The summed E-state index contributed by atoms with van der Waals surface area (Å²) in [6.45, 7) is 1.78. The van der Waals surface area contributed by atoms with Crippen LogP contribution < -0.4 is 5.73 Å². The first-order valence-electron chi connectivity index (χ1n) is 4.39. The van der Waals surface area contributed by atoms with Gasteiger partial charge in [0.25, 0.3) is 0 Å². The van der Waals surface area contributed by atoms with Crippen LogP contribution >= 0.6 is 15.9 Å². The van der Waals surface area contributed by atoms with Crippen LogP contribution in [0.2, 0.25) is 0 Å².